The highest BCUT2D eigenvalue weighted by molar-refractivity contribution is 5.71. The van der Waals surface area contributed by atoms with Gasteiger partial charge in [0.25, 0.3) is 0 Å². The van der Waals surface area contributed by atoms with Crippen LogP contribution in [0.25, 0.3) is 0 Å². The van der Waals surface area contributed by atoms with Crippen molar-refractivity contribution in [3.63, 3.8) is 0 Å². The maximum atomic E-state index is 11.6. The second kappa shape index (κ2) is 8.54. The van der Waals surface area contributed by atoms with Crippen molar-refractivity contribution in [2.75, 3.05) is 20.8 Å². The summed E-state index contributed by atoms with van der Waals surface area (Å²) in [5, 5.41) is 0. The molecule has 3 atom stereocenters. The summed E-state index contributed by atoms with van der Waals surface area (Å²) in [6.07, 6.45) is 6.39. The molecule has 0 saturated heterocycles. The summed E-state index contributed by atoms with van der Waals surface area (Å²) in [6, 6.07) is 12.5. The zero-order valence-electron chi connectivity index (χ0n) is 18.3. The second-order valence-electron chi connectivity index (χ2n) is 8.90. The third kappa shape index (κ3) is 3.80. The van der Waals surface area contributed by atoms with E-state index < -0.39 is 0 Å². The topological polar surface area (TPSA) is 54.0 Å². The van der Waals surface area contributed by atoms with Crippen LogP contribution in [0, 0.1) is 5.92 Å². The average molecular weight is 423 g/mol. The molecule has 1 heterocycles. The van der Waals surface area contributed by atoms with Crippen LogP contribution in [0.3, 0.4) is 0 Å². The summed E-state index contributed by atoms with van der Waals surface area (Å²) in [5.74, 6) is 2.09. The largest absolute Gasteiger partial charge is 0.492 e. The first-order valence-corrected chi connectivity index (χ1v) is 11.3. The molecule has 2 aliphatic carbocycles. The van der Waals surface area contributed by atoms with Gasteiger partial charge in [-0.25, -0.2) is 0 Å². The number of methoxy groups -OCH3 is 2. The highest BCUT2D eigenvalue weighted by Crippen LogP contribution is 2.46. The Bertz CT molecular complexity index is 964. The normalized spacial score (nSPS) is 22.8. The smallest absolute Gasteiger partial charge is 0.306 e. The van der Waals surface area contributed by atoms with E-state index >= 15 is 0 Å². The summed E-state index contributed by atoms with van der Waals surface area (Å²) in [7, 11) is 3.26. The molecule has 164 valence electrons. The third-order valence-electron chi connectivity index (χ3n) is 7.17. The molecule has 1 fully saturated rings. The van der Waals surface area contributed by atoms with Crippen molar-refractivity contribution in [3.05, 3.63) is 58.7 Å². The van der Waals surface area contributed by atoms with Gasteiger partial charge in [0.2, 0.25) is 0 Å². The van der Waals surface area contributed by atoms with Crippen molar-refractivity contribution in [2.45, 2.75) is 56.7 Å². The summed E-state index contributed by atoms with van der Waals surface area (Å²) in [4.78, 5) is 11.6. The summed E-state index contributed by atoms with van der Waals surface area (Å²) in [6.45, 7) is 0.503. The van der Waals surface area contributed by atoms with E-state index in [2.05, 4.69) is 18.2 Å². The zero-order chi connectivity index (χ0) is 21.4. The molecule has 31 heavy (non-hydrogen) atoms. The first kappa shape index (κ1) is 20.4. The SMILES string of the molecule is COC(=O)CC1COc2cc(OC3CCc4c3cccc4C(OC)C3CCC3)ccc21. The highest BCUT2D eigenvalue weighted by atomic mass is 16.5. The number of rotatable bonds is 7. The molecular formula is C26H30O5. The Hall–Kier alpha value is -2.53. The molecule has 0 aromatic heterocycles. The number of fused-ring (bicyclic) bond motifs is 2. The van der Waals surface area contributed by atoms with Gasteiger partial charge in [-0.3, -0.25) is 4.79 Å². The van der Waals surface area contributed by atoms with Gasteiger partial charge in [-0.15, -0.1) is 0 Å². The Morgan fingerprint density at radius 2 is 2.00 bits per heavy atom. The van der Waals surface area contributed by atoms with Gasteiger partial charge in [-0.1, -0.05) is 30.7 Å². The Morgan fingerprint density at radius 3 is 2.74 bits per heavy atom. The first-order valence-electron chi connectivity index (χ1n) is 11.3. The number of benzene rings is 2. The maximum Gasteiger partial charge on any atom is 0.306 e. The molecule has 1 aliphatic heterocycles. The summed E-state index contributed by atoms with van der Waals surface area (Å²) < 4.78 is 23.0. The zero-order valence-corrected chi connectivity index (χ0v) is 18.3. The van der Waals surface area contributed by atoms with Crippen LogP contribution < -0.4 is 9.47 Å². The Labute approximate surface area is 183 Å². The van der Waals surface area contributed by atoms with E-state index in [1.807, 2.05) is 25.3 Å². The van der Waals surface area contributed by atoms with E-state index in [9.17, 15) is 4.79 Å². The lowest BCUT2D eigenvalue weighted by Crippen LogP contribution is -2.22. The summed E-state index contributed by atoms with van der Waals surface area (Å²) >= 11 is 0. The number of ether oxygens (including phenoxy) is 4. The van der Waals surface area contributed by atoms with Gasteiger partial charge in [-0.2, -0.15) is 0 Å². The molecule has 0 spiro atoms. The maximum absolute atomic E-state index is 11.6. The van der Waals surface area contributed by atoms with Crippen LogP contribution in [0.5, 0.6) is 11.5 Å². The number of carbonyl (C=O) groups is 1. The van der Waals surface area contributed by atoms with Gasteiger partial charge >= 0.3 is 5.97 Å². The lowest BCUT2D eigenvalue weighted by atomic mass is 9.77. The minimum absolute atomic E-state index is 0.0409. The van der Waals surface area contributed by atoms with E-state index in [4.69, 9.17) is 18.9 Å². The third-order valence-corrected chi connectivity index (χ3v) is 7.17. The quantitative estimate of drug-likeness (QED) is 0.568. The van der Waals surface area contributed by atoms with Gasteiger partial charge in [0, 0.05) is 24.7 Å². The first-order chi connectivity index (χ1) is 15.2. The Balaban J connectivity index is 1.33. The van der Waals surface area contributed by atoms with Crippen molar-refractivity contribution in [3.8, 4) is 11.5 Å². The highest BCUT2D eigenvalue weighted by Gasteiger charge is 2.34. The molecule has 0 radical (unpaired) electrons. The van der Waals surface area contributed by atoms with Crippen LogP contribution in [-0.2, 0) is 20.7 Å². The minimum atomic E-state index is -0.212. The van der Waals surface area contributed by atoms with Gasteiger partial charge in [0.05, 0.1) is 26.2 Å². The van der Waals surface area contributed by atoms with Crippen molar-refractivity contribution in [1.29, 1.82) is 0 Å². The van der Waals surface area contributed by atoms with Gasteiger partial charge in [0.15, 0.2) is 0 Å². The second-order valence-corrected chi connectivity index (χ2v) is 8.90. The van der Waals surface area contributed by atoms with E-state index in [1.165, 1.54) is 43.1 Å². The molecular weight excluding hydrogens is 392 g/mol. The predicted octanol–water partition coefficient (Wildman–Crippen LogP) is 5.28. The molecule has 5 rings (SSSR count). The molecule has 0 N–H and O–H groups in total. The fourth-order valence-electron chi connectivity index (χ4n) is 5.30. The van der Waals surface area contributed by atoms with E-state index in [-0.39, 0.29) is 24.1 Å². The van der Waals surface area contributed by atoms with Gasteiger partial charge in [-0.05, 0) is 54.4 Å². The Kier molecular flexibility index (Phi) is 5.61. The molecule has 3 aliphatic rings. The van der Waals surface area contributed by atoms with Crippen molar-refractivity contribution in [1.82, 2.24) is 0 Å². The van der Waals surface area contributed by atoms with Crippen LogP contribution >= 0.6 is 0 Å². The lowest BCUT2D eigenvalue weighted by Gasteiger charge is -2.34. The van der Waals surface area contributed by atoms with Crippen LogP contribution in [0.4, 0.5) is 0 Å². The number of hydrogen-bond acceptors (Lipinski definition) is 5. The predicted molar refractivity (Wildman–Crippen MR) is 117 cm³/mol. The molecule has 0 amide bonds. The van der Waals surface area contributed by atoms with Crippen LogP contribution in [0.1, 0.15) is 72.5 Å². The van der Waals surface area contributed by atoms with Gasteiger partial charge < -0.3 is 18.9 Å². The molecule has 5 heteroatoms. The van der Waals surface area contributed by atoms with E-state index in [0.717, 1.165) is 29.9 Å². The monoisotopic (exact) mass is 422 g/mol. The van der Waals surface area contributed by atoms with Crippen LogP contribution in [-0.4, -0.2) is 26.8 Å². The van der Waals surface area contributed by atoms with Crippen LogP contribution in [0.15, 0.2) is 36.4 Å². The number of hydrogen-bond donors (Lipinski definition) is 0. The van der Waals surface area contributed by atoms with Gasteiger partial charge in [0.1, 0.15) is 17.6 Å². The number of carbonyl (C=O) groups excluding carboxylic acids is 1. The van der Waals surface area contributed by atoms with Crippen molar-refractivity contribution >= 4 is 5.97 Å². The Morgan fingerprint density at radius 1 is 1.13 bits per heavy atom. The molecule has 2 aromatic carbocycles. The van der Waals surface area contributed by atoms with Crippen LogP contribution in [0.2, 0.25) is 0 Å². The fourth-order valence-corrected chi connectivity index (χ4v) is 5.30. The summed E-state index contributed by atoms with van der Waals surface area (Å²) in [5.41, 5.74) is 5.08. The lowest BCUT2D eigenvalue weighted by molar-refractivity contribution is -0.141. The fraction of sp³-hybridized carbons (Fsp3) is 0.500. The molecule has 3 unspecified atom stereocenters. The standard InChI is InChI=1S/C26H30O5/c1-28-25(27)13-17-15-30-24-14-18(9-10-19(17)24)31-23-12-11-20-21(23)7-4-8-22(20)26(29-2)16-5-3-6-16/h4,7-10,14,16-17,23,26H,3,5-6,11-13,15H2,1-2H3. The van der Waals surface area contributed by atoms with Crippen molar-refractivity contribution in [2.24, 2.45) is 5.92 Å². The molecule has 1 saturated carbocycles. The van der Waals surface area contributed by atoms with E-state index in [1.54, 1.807) is 0 Å². The molecule has 5 nitrogen and oxygen atoms in total. The minimum Gasteiger partial charge on any atom is -0.492 e. The molecule has 2 aromatic rings. The number of esters is 1. The molecule has 0 bridgehead atoms. The van der Waals surface area contributed by atoms with Crippen molar-refractivity contribution < 1.29 is 23.7 Å². The average Bonchev–Trinajstić information content (AvgIpc) is 3.34. The van der Waals surface area contributed by atoms with E-state index in [0.29, 0.717) is 18.9 Å².